The fraction of sp³-hybridized carbons (Fsp3) is 0.382. The number of pyridine rings is 1. The van der Waals surface area contributed by atoms with Gasteiger partial charge in [0.15, 0.2) is 0 Å². The lowest BCUT2D eigenvalue weighted by atomic mass is 9.97. The minimum absolute atomic E-state index is 0.0613. The van der Waals surface area contributed by atoms with E-state index in [2.05, 4.69) is 37.0 Å². The van der Waals surface area contributed by atoms with Crippen LogP contribution in [-0.4, -0.2) is 27.7 Å². The predicted octanol–water partition coefficient (Wildman–Crippen LogP) is 8.97. The van der Waals surface area contributed by atoms with E-state index in [4.69, 9.17) is 19.2 Å². The average molecular weight is 543 g/mol. The number of ether oxygens (including phenoxy) is 1. The van der Waals surface area contributed by atoms with Crippen molar-refractivity contribution in [1.29, 1.82) is 0 Å². The summed E-state index contributed by atoms with van der Waals surface area (Å²) in [5.41, 5.74) is 7.34. The fourth-order valence-corrected chi connectivity index (χ4v) is 4.52. The Morgan fingerprint density at radius 2 is 1.77 bits per heavy atom. The molecule has 212 valence electrons. The molecule has 6 nitrogen and oxygen atoms in total. The van der Waals surface area contributed by atoms with Crippen molar-refractivity contribution in [3.05, 3.63) is 94.7 Å². The molecule has 0 bridgehead atoms. The van der Waals surface area contributed by atoms with Crippen LogP contribution >= 0.6 is 0 Å². The summed E-state index contributed by atoms with van der Waals surface area (Å²) in [4.78, 5) is 20.2. The topological polar surface area (TPSA) is 85.5 Å². The van der Waals surface area contributed by atoms with Crippen molar-refractivity contribution in [2.45, 2.75) is 79.6 Å². The average Bonchev–Trinajstić information content (AvgIpc) is 3.34. The lowest BCUT2D eigenvalue weighted by Crippen LogP contribution is -2.07. The molecule has 1 unspecified atom stereocenters. The Morgan fingerprint density at radius 3 is 2.45 bits per heavy atom. The first kappa shape index (κ1) is 30.6. The molecule has 1 N–H and O–H groups in total. The maximum atomic E-state index is 10.9. The smallest absolute Gasteiger partial charge is 0.303 e. The normalized spacial score (nSPS) is 17.9. The summed E-state index contributed by atoms with van der Waals surface area (Å²) in [7, 11) is 0. The number of aryl methyl sites for hydroxylation is 2. The van der Waals surface area contributed by atoms with Crippen LogP contribution in [0.15, 0.2) is 82.1 Å². The number of rotatable bonds is 10. The van der Waals surface area contributed by atoms with Gasteiger partial charge in [-0.05, 0) is 75.4 Å². The van der Waals surface area contributed by atoms with Gasteiger partial charge >= 0.3 is 5.97 Å². The Hall–Kier alpha value is -3.93. The molecule has 3 aromatic rings. The second-order valence-electron chi connectivity index (χ2n) is 9.97. The van der Waals surface area contributed by atoms with Crippen LogP contribution in [0.3, 0.4) is 0 Å². The Morgan fingerprint density at radius 1 is 1.05 bits per heavy atom. The summed E-state index contributed by atoms with van der Waals surface area (Å²) < 4.78 is 12.2. The zero-order valence-corrected chi connectivity index (χ0v) is 24.7. The number of aliphatic carboxylic acids is 1. The molecule has 1 aliphatic carbocycles. The molecule has 1 aromatic carbocycles. The van der Waals surface area contributed by atoms with Crippen molar-refractivity contribution in [2.75, 3.05) is 6.61 Å². The van der Waals surface area contributed by atoms with E-state index < -0.39 is 5.97 Å². The zero-order valence-electron chi connectivity index (χ0n) is 24.7. The quantitative estimate of drug-likeness (QED) is 0.275. The van der Waals surface area contributed by atoms with Gasteiger partial charge < -0.3 is 14.3 Å². The van der Waals surface area contributed by atoms with Crippen molar-refractivity contribution in [3.8, 4) is 22.7 Å². The van der Waals surface area contributed by atoms with E-state index in [1.165, 1.54) is 11.1 Å². The van der Waals surface area contributed by atoms with Crippen molar-refractivity contribution < 1.29 is 19.1 Å². The summed E-state index contributed by atoms with van der Waals surface area (Å²) in [5.74, 6) is 1.64. The first-order chi connectivity index (χ1) is 19.3. The molecule has 0 radical (unpaired) electrons. The summed E-state index contributed by atoms with van der Waals surface area (Å²) in [6.45, 7) is 12.7. The largest absolute Gasteiger partial charge is 0.497 e. The number of oxazole rings is 1. The molecule has 0 spiro atoms. The molecule has 6 heteroatoms. The molecule has 1 aliphatic rings. The number of benzene rings is 1. The molecule has 1 atom stereocenters. The molecule has 0 aliphatic heterocycles. The van der Waals surface area contributed by atoms with Crippen LogP contribution in [-0.2, 0) is 9.53 Å². The van der Waals surface area contributed by atoms with Gasteiger partial charge in [0.2, 0.25) is 5.89 Å². The monoisotopic (exact) mass is 542 g/mol. The van der Waals surface area contributed by atoms with Gasteiger partial charge in [0.25, 0.3) is 0 Å². The van der Waals surface area contributed by atoms with Crippen LogP contribution < -0.4 is 0 Å². The second kappa shape index (κ2) is 15.0. The van der Waals surface area contributed by atoms with Crippen molar-refractivity contribution >= 4 is 5.97 Å². The summed E-state index contributed by atoms with van der Waals surface area (Å²) in [6.07, 6.45) is 11.5. The lowest BCUT2D eigenvalue weighted by molar-refractivity contribution is -0.137. The van der Waals surface area contributed by atoms with E-state index in [0.717, 1.165) is 58.9 Å². The van der Waals surface area contributed by atoms with E-state index in [1.807, 2.05) is 70.3 Å². The zero-order chi connectivity index (χ0) is 29.1. The Labute approximate surface area is 238 Å². The van der Waals surface area contributed by atoms with Crippen LogP contribution in [0.25, 0.3) is 22.7 Å². The molecule has 2 heterocycles. The minimum atomic E-state index is -0.755. The molecule has 0 amide bonds. The van der Waals surface area contributed by atoms with Gasteiger partial charge in [0.1, 0.15) is 5.76 Å². The van der Waals surface area contributed by atoms with Crippen molar-refractivity contribution in [3.63, 3.8) is 0 Å². The number of carboxylic acids is 1. The maximum absolute atomic E-state index is 10.9. The van der Waals surface area contributed by atoms with Gasteiger partial charge in [0.05, 0.1) is 23.8 Å². The van der Waals surface area contributed by atoms with Crippen molar-refractivity contribution in [1.82, 2.24) is 9.97 Å². The number of nitrogens with zero attached hydrogens (tertiary/aromatic N) is 2. The van der Waals surface area contributed by atoms with Gasteiger partial charge in [0, 0.05) is 36.1 Å². The van der Waals surface area contributed by atoms with Crippen LogP contribution in [0.1, 0.15) is 82.7 Å². The molecular formula is C34H42N2O4. The van der Waals surface area contributed by atoms with Gasteiger partial charge in [-0.2, -0.15) is 0 Å². The molecular weight excluding hydrogens is 500 g/mol. The van der Waals surface area contributed by atoms with E-state index in [9.17, 15) is 4.79 Å². The maximum Gasteiger partial charge on any atom is 0.303 e. The van der Waals surface area contributed by atoms with Gasteiger partial charge in [-0.1, -0.05) is 56.7 Å². The SMILES string of the molecule is CC.CC1=C/CC/C(OCC(C)c2nc(-c3ccc(-c4ccc(C)cn4)cc3)oc2C)=C/C=C\1CCCC(=O)O. The number of hydrogen-bond acceptors (Lipinski definition) is 5. The molecule has 0 saturated heterocycles. The van der Waals surface area contributed by atoms with E-state index in [-0.39, 0.29) is 12.3 Å². The highest BCUT2D eigenvalue weighted by Crippen LogP contribution is 2.29. The number of carboxylic acid groups (broad SMARTS) is 1. The second-order valence-corrected chi connectivity index (χ2v) is 9.97. The van der Waals surface area contributed by atoms with Crippen molar-refractivity contribution in [2.24, 2.45) is 0 Å². The Bertz CT molecular complexity index is 1350. The first-order valence-electron chi connectivity index (χ1n) is 14.2. The minimum Gasteiger partial charge on any atom is -0.497 e. The number of carbonyl (C=O) groups is 1. The number of allylic oxidation sites excluding steroid dienone is 6. The number of aromatic nitrogens is 2. The third kappa shape index (κ3) is 8.54. The summed E-state index contributed by atoms with van der Waals surface area (Å²) >= 11 is 0. The Kier molecular flexibility index (Phi) is 11.5. The molecule has 4 rings (SSSR count). The number of hydrogen-bond donors (Lipinski definition) is 1. The van der Waals surface area contributed by atoms with Crippen LogP contribution in [0.5, 0.6) is 0 Å². The summed E-state index contributed by atoms with van der Waals surface area (Å²) in [6, 6.07) is 12.2. The van der Waals surface area contributed by atoms with Gasteiger partial charge in [-0.15, -0.1) is 0 Å². The molecule has 2 aromatic heterocycles. The van der Waals surface area contributed by atoms with Crippen LogP contribution in [0.2, 0.25) is 0 Å². The third-order valence-electron chi connectivity index (χ3n) is 6.81. The molecule has 40 heavy (non-hydrogen) atoms. The lowest BCUT2D eigenvalue weighted by Gasteiger charge is -2.16. The van der Waals surface area contributed by atoms with E-state index >= 15 is 0 Å². The molecule has 0 saturated carbocycles. The highest BCUT2D eigenvalue weighted by molar-refractivity contribution is 5.66. The predicted molar refractivity (Wildman–Crippen MR) is 161 cm³/mol. The molecule has 0 fully saturated rings. The van der Waals surface area contributed by atoms with Crippen LogP contribution in [0, 0.1) is 13.8 Å². The highest BCUT2D eigenvalue weighted by Gasteiger charge is 2.18. The summed E-state index contributed by atoms with van der Waals surface area (Å²) in [5, 5.41) is 8.93. The van der Waals surface area contributed by atoms with Gasteiger partial charge in [-0.3, -0.25) is 9.78 Å². The van der Waals surface area contributed by atoms with E-state index in [0.29, 0.717) is 18.9 Å². The third-order valence-corrected chi connectivity index (χ3v) is 6.81. The Balaban J connectivity index is 0.00000216. The standard InChI is InChI=1S/C32H36N2O4.C2H6/c1-21-11-18-29(33-19-21)26-12-14-27(15-13-26)32-34-31(24(4)38-32)23(3)20-37-28-9-5-7-22(2)25(16-17-28)8-6-10-30(35)36;1-2/h7,11-19,23H,5-6,8-10,20H2,1-4H3,(H,35,36);1-2H3/b22-7-,25-16-,28-17-;. The first-order valence-corrected chi connectivity index (χ1v) is 14.2. The fourth-order valence-electron chi connectivity index (χ4n) is 4.52. The van der Waals surface area contributed by atoms with E-state index in [1.54, 1.807) is 0 Å². The highest BCUT2D eigenvalue weighted by atomic mass is 16.5. The van der Waals surface area contributed by atoms with Gasteiger partial charge in [-0.25, -0.2) is 4.98 Å². The van der Waals surface area contributed by atoms with Crippen LogP contribution in [0.4, 0.5) is 0 Å².